The summed E-state index contributed by atoms with van der Waals surface area (Å²) in [7, 11) is 0. The van der Waals surface area contributed by atoms with Crippen molar-refractivity contribution in [3.8, 4) is 0 Å². The van der Waals surface area contributed by atoms with Gasteiger partial charge in [-0.1, -0.05) is 27.5 Å². The summed E-state index contributed by atoms with van der Waals surface area (Å²) in [4.78, 5) is 12.7. The lowest BCUT2D eigenvalue weighted by molar-refractivity contribution is -0.165. The van der Waals surface area contributed by atoms with Gasteiger partial charge >= 0.3 is 5.97 Å². The molecular weight excluding hydrogens is 334 g/mol. The Kier molecular flexibility index (Phi) is 4.50. The number of carboxylic acids is 1. The van der Waals surface area contributed by atoms with Crippen molar-refractivity contribution in [2.24, 2.45) is 0 Å². The molecule has 1 saturated heterocycles. The van der Waals surface area contributed by atoms with Crippen molar-refractivity contribution in [3.05, 3.63) is 33.3 Å². The maximum atomic E-state index is 10.5. The monoisotopic (exact) mass is 347 g/mol. The van der Waals surface area contributed by atoms with Gasteiger partial charge in [0, 0.05) is 29.1 Å². The summed E-state index contributed by atoms with van der Waals surface area (Å²) in [5.74, 6) is -0.933. The third-order valence-electron chi connectivity index (χ3n) is 3.06. The van der Waals surface area contributed by atoms with Gasteiger partial charge < -0.3 is 9.84 Å². The van der Waals surface area contributed by atoms with Crippen LogP contribution >= 0.6 is 27.5 Å². The lowest BCUT2D eigenvalue weighted by atomic mass is 9.95. The molecule has 1 aromatic carbocycles. The van der Waals surface area contributed by atoms with Crippen molar-refractivity contribution < 1.29 is 14.6 Å². The molecule has 2 rings (SSSR count). The second-order valence-electron chi connectivity index (χ2n) is 5.01. The number of carboxylic acid groups (broad SMARTS) is 1. The van der Waals surface area contributed by atoms with Crippen LogP contribution in [0.15, 0.2) is 22.7 Å². The first-order valence-corrected chi connectivity index (χ1v) is 7.07. The second kappa shape index (κ2) is 5.79. The predicted octanol–water partition coefficient (Wildman–Crippen LogP) is 2.78. The van der Waals surface area contributed by atoms with Crippen molar-refractivity contribution in [2.45, 2.75) is 19.1 Å². The summed E-state index contributed by atoms with van der Waals surface area (Å²) in [6.45, 7) is 3.90. The maximum absolute atomic E-state index is 10.5. The molecule has 1 aromatic rings. The number of rotatable bonds is 5. The molecular formula is C13H15BrClNO3. The van der Waals surface area contributed by atoms with Crippen LogP contribution in [0.3, 0.4) is 0 Å². The Labute approximate surface area is 125 Å². The summed E-state index contributed by atoms with van der Waals surface area (Å²) in [6.07, 6.45) is 0. The number of carbonyl (C=O) groups is 1. The van der Waals surface area contributed by atoms with E-state index >= 15 is 0 Å². The van der Waals surface area contributed by atoms with Gasteiger partial charge in [0.15, 0.2) is 0 Å². The molecule has 6 heteroatoms. The Balaban J connectivity index is 1.87. The molecule has 0 amide bonds. The maximum Gasteiger partial charge on any atom is 0.329 e. The number of halogens is 2. The number of ether oxygens (including phenoxy) is 1. The normalized spacial score (nSPS) is 18.1. The zero-order valence-corrected chi connectivity index (χ0v) is 12.9. The molecule has 0 aliphatic carbocycles. The lowest BCUT2D eigenvalue weighted by Gasteiger charge is -2.47. The highest BCUT2D eigenvalue weighted by atomic mass is 79.9. The van der Waals surface area contributed by atoms with Gasteiger partial charge in [-0.15, -0.1) is 0 Å². The first kappa shape index (κ1) is 14.8. The molecule has 4 nitrogen and oxygen atoms in total. The topological polar surface area (TPSA) is 49.8 Å². The number of nitrogens with zero attached hydrogens (tertiary/aromatic N) is 1. The van der Waals surface area contributed by atoms with E-state index in [1.807, 2.05) is 25.1 Å². The first-order chi connectivity index (χ1) is 8.88. The third kappa shape index (κ3) is 3.92. The summed E-state index contributed by atoms with van der Waals surface area (Å²) >= 11 is 9.47. The minimum absolute atomic E-state index is 0.245. The van der Waals surface area contributed by atoms with Crippen LogP contribution < -0.4 is 0 Å². The molecule has 0 saturated carbocycles. The van der Waals surface area contributed by atoms with Crippen molar-refractivity contribution in [1.29, 1.82) is 0 Å². The summed E-state index contributed by atoms with van der Waals surface area (Å²) in [5.41, 5.74) is 0.761. The van der Waals surface area contributed by atoms with Crippen LogP contribution in [0.2, 0.25) is 5.02 Å². The Bertz CT molecular complexity index is 489. The molecule has 1 N–H and O–H groups in total. The molecule has 0 unspecified atom stereocenters. The summed E-state index contributed by atoms with van der Waals surface area (Å²) in [5, 5.41) is 9.32. The summed E-state index contributed by atoms with van der Waals surface area (Å²) < 4.78 is 6.39. The number of hydrogen-bond donors (Lipinski definition) is 1. The highest BCUT2D eigenvalue weighted by Gasteiger charge is 2.40. The van der Waals surface area contributed by atoms with Crippen LogP contribution in [-0.2, 0) is 16.1 Å². The Morgan fingerprint density at radius 1 is 1.58 bits per heavy atom. The number of likely N-dealkylation sites (tertiary alicyclic amines) is 1. The van der Waals surface area contributed by atoms with Crippen molar-refractivity contribution in [1.82, 2.24) is 4.90 Å². The molecule has 0 aromatic heterocycles. The minimum atomic E-state index is -0.933. The number of aliphatic carboxylic acids is 1. The van der Waals surface area contributed by atoms with E-state index in [0.717, 1.165) is 29.7 Å². The largest absolute Gasteiger partial charge is 0.480 e. The molecule has 0 atom stereocenters. The molecule has 19 heavy (non-hydrogen) atoms. The zero-order valence-electron chi connectivity index (χ0n) is 10.5. The Hall–Kier alpha value is -0.620. The first-order valence-electron chi connectivity index (χ1n) is 5.90. The average Bonchev–Trinajstić information content (AvgIpc) is 2.29. The predicted molar refractivity (Wildman–Crippen MR) is 76.4 cm³/mol. The Morgan fingerprint density at radius 3 is 2.89 bits per heavy atom. The van der Waals surface area contributed by atoms with E-state index in [1.165, 1.54) is 0 Å². The lowest BCUT2D eigenvalue weighted by Crippen LogP contribution is -2.61. The van der Waals surface area contributed by atoms with Gasteiger partial charge in [0.2, 0.25) is 0 Å². The van der Waals surface area contributed by atoms with Gasteiger partial charge in [-0.3, -0.25) is 4.90 Å². The van der Waals surface area contributed by atoms with Gasteiger partial charge in [-0.05, 0) is 30.7 Å². The van der Waals surface area contributed by atoms with Gasteiger partial charge in [0.25, 0.3) is 0 Å². The SMILES string of the molecule is CC1(OCC(=O)O)CN(Cc2cc(Cl)ccc2Br)C1. The fourth-order valence-electron chi connectivity index (χ4n) is 2.24. The fourth-order valence-corrected chi connectivity index (χ4v) is 2.81. The van der Waals surface area contributed by atoms with E-state index in [0.29, 0.717) is 5.02 Å². The molecule has 1 fully saturated rings. The van der Waals surface area contributed by atoms with E-state index in [4.69, 9.17) is 21.4 Å². The Morgan fingerprint density at radius 2 is 2.26 bits per heavy atom. The zero-order chi connectivity index (χ0) is 14.0. The van der Waals surface area contributed by atoms with Crippen molar-refractivity contribution in [2.75, 3.05) is 19.7 Å². The van der Waals surface area contributed by atoms with E-state index in [2.05, 4.69) is 20.8 Å². The number of benzene rings is 1. The molecule has 1 aliphatic heterocycles. The van der Waals surface area contributed by atoms with Gasteiger partial charge in [0.1, 0.15) is 6.61 Å². The standard InChI is InChI=1S/C13H15BrClNO3/c1-13(19-6-12(17)18)7-16(8-13)5-9-4-10(15)2-3-11(9)14/h2-4H,5-8H2,1H3,(H,17,18). The molecule has 0 radical (unpaired) electrons. The second-order valence-corrected chi connectivity index (χ2v) is 6.30. The highest BCUT2D eigenvalue weighted by Crippen LogP contribution is 2.29. The van der Waals surface area contributed by atoms with Gasteiger partial charge in [-0.25, -0.2) is 4.79 Å². The van der Waals surface area contributed by atoms with E-state index in [1.54, 1.807) is 0 Å². The van der Waals surface area contributed by atoms with Crippen LogP contribution in [-0.4, -0.2) is 41.3 Å². The van der Waals surface area contributed by atoms with Crippen LogP contribution in [0.25, 0.3) is 0 Å². The molecule has 104 valence electrons. The highest BCUT2D eigenvalue weighted by molar-refractivity contribution is 9.10. The molecule has 0 spiro atoms. The smallest absolute Gasteiger partial charge is 0.329 e. The third-order valence-corrected chi connectivity index (χ3v) is 4.07. The molecule has 1 heterocycles. The van der Waals surface area contributed by atoms with E-state index in [9.17, 15) is 4.79 Å². The van der Waals surface area contributed by atoms with Crippen LogP contribution in [0.5, 0.6) is 0 Å². The van der Waals surface area contributed by atoms with E-state index < -0.39 is 5.97 Å². The number of hydrogen-bond acceptors (Lipinski definition) is 3. The quantitative estimate of drug-likeness (QED) is 0.889. The minimum Gasteiger partial charge on any atom is -0.480 e. The van der Waals surface area contributed by atoms with Crippen LogP contribution in [0, 0.1) is 0 Å². The van der Waals surface area contributed by atoms with Crippen LogP contribution in [0.4, 0.5) is 0 Å². The summed E-state index contributed by atoms with van der Waals surface area (Å²) in [6, 6.07) is 5.70. The van der Waals surface area contributed by atoms with Gasteiger partial charge in [0.05, 0.1) is 5.60 Å². The molecule has 1 aliphatic rings. The average molecular weight is 349 g/mol. The molecule has 0 bridgehead atoms. The van der Waals surface area contributed by atoms with E-state index in [-0.39, 0.29) is 12.2 Å². The van der Waals surface area contributed by atoms with Crippen molar-refractivity contribution in [3.63, 3.8) is 0 Å². The van der Waals surface area contributed by atoms with Crippen LogP contribution in [0.1, 0.15) is 12.5 Å². The van der Waals surface area contributed by atoms with Gasteiger partial charge in [-0.2, -0.15) is 0 Å². The van der Waals surface area contributed by atoms with Crippen molar-refractivity contribution >= 4 is 33.5 Å². The fraction of sp³-hybridized carbons (Fsp3) is 0.462.